The molecular weight excluding hydrogens is 747 g/mol. The van der Waals surface area contributed by atoms with Crippen LogP contribution in [-0.4, -0.2) is 16.7 Å². The van der Waals surface area contributed by atoms with Gasteiger partial charge in [-0.15, -0.1) is 0 Å². The van der Waals surface area contributed by atoms with Crippen molar-refractivity contribution < 1.29 is 4.74 Å². The highest BCUT2D eigenvalue weighted by Gasteiger charge is 2.52. The number of benzene rings is 8. The molecule has 0 radical (unpaired) electrons. The van der Waals surface area contributed by atoms with E-state index in [4.69, 9.17) is 25.4 Å². The molecule has 8 aromatic carbocycles. The summed E-state index contributed by atoms with van der Waals surface area (Å²) in [6.45, 7) is 0. The minimum atomic E-state index is -0.727. The summed E-state index contributed by atoms with van der Waals surface area (Å²) in [7, 11) is 0. The molecule has 1 aromatic heterocycles. The molecule has 1 aliphatic carbocycles. The highest BCUT2D eigenvalue weighted by atomic mass is 16.5. The standard InChI is InChI=1S/C55H37N5O/c56-37-30-31-38(43(33-37)40-23-11-19-34-20-14-32-57-50(34)40)39-22-12-27-46-49(39)41-21-7-8-25-44(41)55(46)45-26-9-10-29-48(45)61-51-42(24-13-28-47(51)55)54-59-52(35-15-3-1-4-16-35)58-53(60-54)36-17-5-2-6-18-36/h1-33,52H,56H2,(H,58,59,60). The van der Waals surface area contributed by atoms with Crippen LogP contribution in [0.15, 0.2) is 210 Å². The molecule has 2 aliphatic heterocycles. The Balaban J connectivity index is 1.12. The number of hydrogen-bond donors (Lipinski definition) is 2. The van der Waals surface area contributed by atoms with Gasteiger partial charge >= 0.3 is 0 Å². The van der Waals surface area contributed by atoms with Crippen molar-refractivity contribution in [1.82, 2.24) is 10.3 Å². The molecule has 3 N–H and O–H groups in total. The van der Waals surface area contributed by atoms with E-state index in [2.05, 4.69) is 151 Å². The fourth-order valence-corrected chi connectivity index (χ4v) is 9.83. The van der Waals surface area contributed by atoms with Crippen molar-refractivity contribution in [3.63, 3.8) is 0 Å². The van der Waals surface area contributed by atoms with Gasteiger partial charge in [-0.3, -0.25) is 4.98 Å². The molecule has 2 unspecified atom stereocenters. The first-order valence-corrected chi connectivity index (χ1v) is 20.6. The fraction of sp³-hybridized carbons (Fsp3) is 0.0364. The number of pyridine rings is 1. The van der Waals surface area contributed by atoms with Crippen molar-refractivity contribution in [1.29, 1.82) is 0 Å². The number of aliphatic imine (C=N–C) groups is 2. The molecule has 3 heterocycles. The highest BCUT2D eigenvalue weighted by molar-refractivity contribution is 6.14. The molecule has 0 amide bonds. The number of rotatable bonds is 5. The first-order chi connectivity index (χ1) is 30.2. The number of fused-ring (bicyclic) bond motifs is 10. The summed E-state index contributed by atoms with van der Waals surface area (Å²) in [5.41, 5.74) is 21.5. The largest absolute Gasteiger partial charge is 0.456 e. The quantitative estimate of drug-likeness (QED) is 0.170. The minimum Gasteiger partial charge on any atom is -0.456 e. The van der Waals surface area contributed by atoms with E-state index in [1.165, 1.54) is 22.3 Å². The van der Waals surface area contributed by atoms with Gasteiger partial charge < -0.3 is 15.8 Å². The third kappa shape index (κ3) is 5.32. The monoisotopic (exact) mass is 783 g/mol. The molecule has 0 saturated carbocycles. The third-order valence-electron chi connectivity index (χ3n) is 12.4. The van der Waals surface area contributed by atoms with Crippen LogP contribution in [0, 0.1) is 0 Å². The van der Waals surface area contributed by atoms with Crippen molar-refractivity contribution in [2.24, 2.45) is 9.98 Å². The van der Waals surface area contributed by atoms with Crippen LogP contribution in [0.3, 0.4) is 0 Å². The molecule has 288 valence electrons. The topological polar surface area (TPSA) is 84.9 Å². The summed E-state index contributed by atoms with van der Waals surface area (Å²) in [5, 5.41) is 4.70. The summed E-state index contributed by atoms with van der Waals surface area (Å²) >= 11 is 0. The molecule has 0 saturated heterocycles. The summed E-state index contributed by atoms with van der Waals surface area (Å²) in [6.07, 6.45) is 1.50. The number of amidine groups is 2. The van der Waals surface area contributed by atoms with Gasteiger partial charge in [-0.05, 0) is 74.8 Å². The maximum Gasteiger partial charge on any atom is 0.163 e. The van der Waals surface area contributed by atoms with E-state index in [0.29, 0.717) is 11.5 Å². The normalized spacial score (nSPS) is 17.0. The van der Waals surface area contributed by atoms with E-state index < -0.39 is 5.41 Å². The Morgan fingerprint density at radius 2 is 1.20 bits per heavy atom. The fourth-order valence-electron chi connectivity index (χ4n) is 9.83. The van der Waals surface area contributed by atoms with Gasteiger partial charge in [0.1, 0.15) is 23.5 Å². The van der Waals surface area contributed by atoms with Gasteiger partial charge in [-0.1, -0.05) is 164 Å². The van der Waals surface area contributed by atoms with Crippen LogP contribution in [0.4, 0.5) is 5.69 Å². The number of ether oxygens (including phenoxy) is 1. The summed E-state index contributed by atoms with van der Waals surface area (Å²) < 4.78 is 7.12. The Bertz CT molecular complexity index is 3280. The lowest BCUT2D eigenvalue weighted by Gasteiger charge is -2.40. The average molecular weight is 784 g/mol. The molecule has 0 bridgehead atoms. The predicted octanol–water partition coefficient (Wildman–Crippen LogP) is 12.1. The smallest absolute Gasteiger partial charge is 0.163 e. The lowest BCUT2D eigenvalue weighted by atomic mass is 9.65. The Morgan fingerprint density at radius 1 is 0.525 bits per heavy atom. The molecule has 6 heteroatoms. The number of hydrogen-bond acceptors (Lipinski definition) is 6. The van der Waals surface area contributed by atoms with Gasteiger partial charge in [-0.25, -0.2) is 9.98 Å². The molecule has 6 nitrogen and oxygen atoms in total. The first kappa shape index (κ1) is 34.9. The molecule has 0 fully saturated rings. The van der Waals surface area contributed by atoms with Crippen molar-refractivity contribution >= 4 is 28.3 Å². The van der Waals surface area contributed by atoms with Crippen molar-refractivity contribution in [2.45, 2.75) is 11.6 Å². The Morgan fingerprint density at radius 3 is 2.07 bits per heavy atom. The van der Waals surface area contributed by atoms with E-state index in [9.17, 15) is 0 Å². The van der Waals surface area contributed by atoms with Crippen molar-refractivity contribution in [3.8, 4) is 44.9 Å². The lowest BCUT2D eigenvalue weighted by Crippen LogP contribution is -2.35. The maximum absolute atomic E-state index is 7.12. The number of para-hydroxylation sites is 3. The Hall–Kier alpha value is -8.09. The van der Waals surface area contributed by atoms with Gasteiger partial charge in [0.05, 0.1) is 16.5 Å². The number of nitrogens with one attached hydrogen (secondary N) is 1. The summed E-state index contributed by atoms with van der Waals surface area (Å²) in [4.78, 5) is 15.4. The minimum absolute atomic E-state index is 0.355. The maximum atomic E-state index is 7.12. The highest BCUT2D eigenvalue weighted by Crippen LogP contribution is 2.64. The Kier molecular flexibility index (Phi) is 7.87. The van der Waals surface area contributed by atoms with Crippen LogP contribution in [0.5, 0.6) is 11.5 Å². The second kappa shape index (κ2) is 13.8. The number of nitrogens with two attached hydrogens (primary N) is 1. The number of nitrogens with zero attached hydrogens (tertiary/aromatic N) is 3. The molecule has 9 aromatic rings. The predicted molar refractivity (Wildman–Crippen MR) is 246 cm³/mol. The molecule has 3 aliphatic rings. The van der Waals surface area contributed by atoms with Crippen LogP contribution >= 0.6 is 0 Å². The van der Waals surface area contributed by atoms with Crippen LogP contribution in [0.1, 0.15) is 45.1 Å². The SMILES string of the molecule is Nc1ccc(-c2cccc3c2-c2ccccc2C32c3ccccc3Oc3c(C4=NC(c5ccccc5)NC(c5ccccc5)=N4)cccc32)c(-c2cccc3cccnc23)c1. The third-order valence-corrected chi connectivity index (χ3v) is 12.4. The van der Waals surface area contributed by atoms with Gasteiger partial charge in [0.2, 0.25) is 0 Å². The lowest BCUT2D eigenvalue weighted by molar-refractivity contribution is 0.435. The van der Waals surface area contributed by atoms with Crippen LogP contribution < -0.4 is 15.8 Å². The number of nitrogen functional groups attached to an aromatic ring is 1. The summed E-state index contributed by atoms with van der Waals surface area (Å²) in [5.74, 6) is 2.90. The van der Waals surface area contributed by atoms with E-state index in [0.717, 1.165) is 78.3 Å². The van der Waals surface area contributed by atoms with Gasteiger partial charge in [0, 0.05) is 39.5 Å². The molecule has 2 atom stereocenters. The average Bonchev–Trinajstić information content (AvgIpc) is 3.62. The molecule has 1 spiro atoms. The van der Waals surface area contributed by atoms with Crippen molar-refractivity contribution in [3.05, 3.63) is 239 Å². The second-order valence-corrected chi connectivity index (χ2v) is 15.7. The van der Waals surface area contributed by atoms with Crippen molar-refractivity contribution in [2.75, 3.05) is 5.73 Å². The first-order valence-electron chi connectivity index (χ1n) is 20.6. The van der Waals surface area contributed by atoms with E-state index in [1.54, 1.807) is 0 Å². The zero-order chi connectivity index (χ0) is 40.5. The zero-order valence-electron chi connectivity index (χ0n) is 33.0. The van der Waals surface area contributed by atoms with Crippen LogP contribution in [0.2, 0.25) is 0 Å². The van der Waals surface area contributed by atoms with E-state index in [1.807, 2.05) is 54.7 Å². The van der Waals surface area contributed by atoms with E-state index >= 15 is 0 Å². The van der Waals surface area contributed by atoms with Gasteiger partial charge in [-0.2, -0.15) is 0 Å². The number of anilines is 1. The zero-order valence-corrected chi connectivity index (χ0v) is 33.0. The Labute approximate surface area is 353 Å². The van der Waals surface area contributed by atoms with Gasteiger partial charge in [0.15, 0.2) is 5.84 Å². The summed E-state index contributed by atoms with van der Waals surface area (Å²) in [6, 6.07) is 67.8. The number of aromatic nitrogens is 1. The van der Waals surface area contributed by atoms with Crippen LogP contribution in [-0.2, 0) is 5.41 Å². The van der Waals surface area contributed by atoms with Crippen LogP contribution in [0.25, 0.3) is 44.3 Å². The molecular formula is C55H37N5O. The van der Waals surface area contributed by atoms with Gasteiger partial charge in [0.25, 0.3) is 0 Å². The second-order valence-electron chi connectivity index (χ2n) is 15.7. The molecule has 61 heavy (non-hydrogen) atoms. The van der Waals surface area contributed by atoms with E-state index in [-0.39, 0.29) is 6.17 Å². The molecule has 12 rings (SSSR count).